The highest BCUT2D eigenvalue weighted by Gasteiger charge is 2.20. The van der Waals surface area contributed by atoms with Crippen molar-refractivity contribution < 1.29 is 14.7 Å². The number of para-hydroxylation sites is 1. The molecule has 6 rings (SSSR count). The Labute approximate surface area is 230 Å². The fraction of sp³-hybridized carbons (Fsp3) is 0.0909. The van der Waals surface area contributed by atoms with E-state index in [0.29, 0.717) is 12.0 Å². The Hall–Kier alpha value is -5.30. The summed E-state index contributed by atoms with van der Waals surface area (Å²) in [4.78, 5) is 34.4. The average Bonchev–Trinajstić information content (AvgIpc) is 3.39. The van der Waals surface area contributed by atoms with Gasteiger partial charge in [0.05, 0.1) is 40.2 Å². The monoisotopic (exact) mass is 526 g/mol. The topological polar surface area (TPSA) is 96.6 Å². The van der Waals surface area contributed by atoms with E-state index in [2.05, 4.69) is 16.4 Å². The molecule has 196 valence electrons. The number of hydrogen-bond donors (Lipinski definition) is 2. The molecule has 1 amide bonds. The fourth-order valence-corrected chi connectivity index (χ4v) is 4.97. The normalized spacial score (nSPS) is 11.9. The number of hydrogen-bond acceptors (Lipinski definition) is 4. The minimum Gasteiger partial charge on any atom is -0.478 e. The second-order valence-electron chi connectivity index (χ2n) is 9.79. The molecule has 0 radical (unpaired) electrons. The number of carbonyl (C=O) groups is 2. The first-order valence-electron chi connectivity index (χ1n) is 13.0. The summed E-state index contributed by atoms with van der Waals surface area (Å²) < 4.78 is 1.91. The summed E-state index contributed by atoms with van der Waals surface area (Å²) in [5.74, 6) is -1.23. The molecule has 7 nitrogen and oxygen atoms in total. The van der Waals surface area contributed by atoms with Gasteiger partial charge in [0.2, 0.25) is 0 Å². The number of carbonyl (C=O) groups excluding carboxylic acids is 1. The Morgan fingerprint density at radius 3 is 2.42 bits per heavy atom. The standard InChI is InChI=1S/C33H26N4O3/c1-21(23-11-13-25(14-12-23)33(39)40)36-32(38)28-17-27(24-7-3-2-4-8-24)19-37-20-35-30(31(28)37)16-22-15-26-9-5-6-10-29(26)34-18-22/h2-15,17-21H,16H2,1H3,(H,36,38)(H,39,40)/t21-/m0/s1. The number of carboxylic acids is 1. The minimum absolute atomic E-state index is 0.201. The van der Waals surface area contributed by atoms with Gasteiger partial charge in [0, 0.05) is 24.2 Å². The maximum atomic E-state index is 13.8. The largest absolute Gasteiger partial charge is 0.478 e. The van der Waals surface area contributed by atoms with Crippen molar-refractivity contribution in [1.29, 1.82) is 0 Å². The van der Waals surface area contributed by atoms with Crippen molar-refractivity contribution in [1.82, 2.24) is 19.7 Å². The summed E-state index contributed by atoms with van der Waals surface area (Å²) in [5.41, 5.74) is 6.85. The van der Waals surface area contributed by atoms with Gasteiger partial charge in [-0.3, -0.25) is 9.78 Å². The Morgan fingerprint density at radius 2 is 1.65 bits per heavy atom. The predicted molar refractivity (Wildman–Crippen MR) is 154 cm³/mol. The van der Waals surface area contributed by atoms with E-state index in [9.17, 15) is 14.7 Å². The molecule has 3 aromatic carbocycles. The smallest absolute Gasteiger partial charge is 0.335 e. The zero-order valence-corrected chi connectivity index (χ0v) is 21.8. The van der Waals surface area contributed by atoms with Crippen LogP contribution in [0.4, 0.5) is 0 Å². The summed E-state index contributed by atoms with van der Waals surface area (Å²) in [6.07, 6.45) is 6.11. The lowest BCUT2D eigenvalue weighted by molar-refractivity contribution is 0.0696. The van der Waals surface area contributed by atoms with Crippen LogP contribution >= 0.6 is 0 Å². The summed E-state index contributed by atoms with van der Waals surface area (Å²) in [5, 5.41) is 13.4. The van der Waals surface area contributed by atoms with Crippen LogP contribution in [0.3, 0.4) is 0 Å². The van der Waals surface area contributed by atoms with E-state index in [-0.39, 0.29) is 17.5 Å². The van der Waals surface area contributed by atoms with Crippen LogP contribution in [0.2, 0.25) is 0 Å². The van der Waals surface area contributed by atoms with E-state index in [1.807, 2.05) is 84.4 Å². The molecule has 40 heavy (non-hydrogen) atoms. The molecular formula is C33H26N4O3. The molecule has 3 heterocycles. The van der Waals surface area contributed by atoms with E-state index in [1.54, 1.807) is 30.6 Å². The van der Waals surface area contributed by atoms with Gasteiger partial charge in [-0.05, 0) is 59.5 Å². The van der Waals surface area contributed by atoms with Gasteiger partial charge < -0.3 is 14.8 Å². The second-order valence-corrected chi connectivity index (χ2v) is 9.79. The van der Waals surface area contributed by atoms with Crippen molar-refractivity contribution in [2.45, 2.75) is 19.4 Å². The molecule has 0 saturated heterocycles. The third-order valence-electron chi connectivity index (χ3n) is 7.08. The molecule has 7 heteroatoms. The molecule has 0 aliphatic carbocycles. The number of carboxylic acid groups (broad SMARTS) is 1. The van der Waals surface area contributed by atoms with Crippen molar-refractivity contribution >= 4 is 28.3 Å². The number of rotatable bonds is 7. The van der Waals surface area contributed by atoms with E-state index in [1.165, 1.54) is 0 Å². The molecule has 1 atom stereocenters. The average molecular weight is 527 g/mol. The van der Waals surface area contributed by atoms with Gasteiger partial charge in [-0.25, -0.2) is 9.78 Å². The van der Waals surface area contributed by atoms with E-state index in [0.717, 1.165) is 44.4 Å². The SMILES string of the molecule is C[C@H](NC(=O)c1cc(-c2ccccc2)cn2cnc(Cc3cnc4ccccc4c3)c12)c1ccc(C(=O)O)cc1. The lowest BCUT2D eigenvalue weighted by atomic mass is 10.0. The third-order valence-corrected chi connectivity index (χ3v) is 7.08. The first-order chi connectivity index (χ1) is 19.5. The van der Waals surface area contributed by atoms with Crippen LogP contribution in [0.25, 0.3) is 27.5 Å². The first-order valence-corrected chi connectivity index (χ1v) is 13.0. The van der Waals surface area contributed by atoms with Gasteiger partial charge in [-0.1, -0.05) is 60.7 Å². The molecule has 0 fully saturated rings. The predicted octanol–water partition coefficient (Wildman–Crippen LogP) is 6.33. The Bertz CT molecular complexity index is 1860. The number of pyridine rings is 2. The van der Waals surface area contributed by atoms with E-state index in [4.69, 9.17) is 4.98 Å². The van der Waals surface area contributed by atoms with Crippen molar-refractivity contribution in [3.63, 3.8) is 0 Å². The molecule has 6 aromatic rings. The van der Waals surface area contributed by atoms with Crippen molar-refractivity contribution in [2.24, 2.45) is 0 Å². The summed E-state index contributed by atoms with van der Waals surface area (Å²) in [7, 11) is 0. The molecule has 0 unspecified atom stereocenters. The van der Waals surface area contributed by atoms with Gasteiger partial charge in [0.15, 0.2) is 0 Å². The molecule has 0 aliphatic rings. The number of imidazole rings is 1. The van der Waals surface area contributed by atoms with Gasteiger partial charge >= 0.3 is 5.97 Å². The number of fused-ring (bicyclic) bond motifs is 2. The molecular weight excluding hydrogens is 500 g/mol. The fourth-order valence-electron chi connectivity index (χ4n) is 4.97. The highest BCUT2D eigenvalue weighted by Crippen LogP contribution is 2.27. The molecule has 3 aromatic heterocycles. The maximum Gasteiger partial charge on any atom is 0.335 e. The quantitative estimate of drug-likeness (QED) is 0.253. The minimum atomic E-state index is -0.988. The van der Waals surface area contributed by atoms with Gasteiger partial charge in [-0.15, -0.1) is 0 Å². The number of nitrogens with one attached hydrogen (secondary N) is 1. The molecule has 0 saturated carbocycles. The number of aromatic carboxylic acids is 1. The second kappa shape index (κ2) is 10.5. The molecule has 2 N–H and O–H groups in total. The molecule has 0 spiro atoms. The van der Waals surface area contributed by atoms with Crippen LogP contribution in [0, 0.1) is 0 Å². The number of benzene rings is 3. The number of nitrogens with zero attached hydrogens (tertiary/aromatic N) is 3. The van der Waals surface area contributed by atoms with Crippen molar-refractivity contribution in [2.75, 3.05) is 0 Å². The third kappa shape index (κ3) is 4.92. The maximum absolute atomic E-state index is 13.8. The van der Waals surface area contributed by atoms with Crippen LogP contribution in [-0.4, -0.2) is 31.4 Å². The molecule has 0 bridgehead atoms. The Morgan fingerprint density at radius 1 is 0.900 bits per heavy atom. The lowest BCUT2D eigenvalue weighted by Crippen LogP contribution is -2.27. The van der Waals surface area contributed by atoms with Crippen LogP contribution < -0.4 is 5.32 Å². The highest BCUT2D eigenvalue weighted by atomic mass is 16.4. The van der Waals surface area contributed by atoms with Crippen LogP contribution in [-0.2, 0) is 6.42 Å². The van der Waals surface area contributed by atoms with Crippen LogP contribution in [0.5, 0.6) is 0 Å². The molecule has 0 aliphatic heterocycles. The van der Waals surface area contributed by atoms with Crippen molar-refractivity contribution in [3.05, 3.63) is 138 Å². The van der Waals surface area contributed by atoms with Crippen molar-refractivity contribution in [3.8, 4) is 11.1 Å². The number of amides is 1. The zero-order valence-electron chi connectivity index (χ0n) is 21.8. The first kappa shape index (κ1) is 25.0. The van der Waals surface area contributed by atoms with Crippen LogP contribution in [0.15, 0.2) is 110 Å². The Kier molecular flexibility index (Phi) is 6.54. The summed E-state index contributed by atoms with van der Waals surface area (Å²) >= 11 is 0. The summed E-state index contributed by atoms with van der Waals surface area (Å²) in [6, 6.07) is 28.1. The Balaban J connectivity index is 1.39. The number of aromatic nitrogens is 3. The van der Waals surface area contributed by atoms with Gasteiger partial charge in [-0.2, -0.15) is 0 Å². The van der Waals surface area contributed by atoms with E-state index >= 15 is 0 Å². The zero-order chi connectivity index (χ0) is 27.6. The highest BCUT2D eigenvalue weighted by molar-refractivity contribution is 6.03. The summed E-state index contributed by atoms with van der Waals surface area (Å²) in [6.45, 7) is 1.88. The lowest BCUT2D eigenvalue weighted by Gasteiger charge is -2.16. The van der Waals surface area contributed by atoms with Gasteiger partial charge in [0.25, 0.3) is 5.91 Å². The van der Waals surface area contributed by atoms with Crippen LogP contribution in [0.1, 0.15) is 50.5 Å². The van der Waals surface area contributed by atoms with E-state index < -0.39 is 5.97 Å². The van der Waals surface area contributed by atoms with Gasteiger partial charge in [0.1, 0.15) is 0 Å².